The second-order valence-electron chi connectivity index (χ2n) is 4.77. The van der Waals surface area contributed by atoms with Gasteiger partial charge in [0, 0.05) is 27.2 Å². The summed E-state index contributed by atoms with van der Waals surface area (Å²) in [6.45, 7) is 1.34. The highest BCUT2D eigenvalue weighted by molar-refractivity contribution is 7.25. The number of carbonyl (C=O) groups is 1. The molecular formula is C13H13N5O2S. The van der Waals surface area contributed by atoms with Crippen LogP contribution < -0.4 is 15.9 Å². The van der Waals surface area contributed by atoms with Gasteiger partial charge in [-0.15, -0.1) is 11.3 Å². The molecule has 0 unspecified atom stereocenters. The van der Waals surface area contributed by atoms with Crippen LogP contribution >= 0.6 is 11.3 Å². The molecule has 0 atom stereocenters. The molecule has 0 aliphatic carbocycles. The first-order valence-electron chi connectivity index (χ1n) is 6.23. The third-order valence-electron chi connectivity index (χ3n) is 3.02. The zero-order valence-corrected chi connectivity index (χ0v) is 12.6. The Labute approximate surface area is 123 Å². The summed E-state index contributed by atoms with van der Waals surface area (Å²) >= 11 is 1.28. The van der Waals surface area contributed by atoms with Crippen LogP contribution in [-0.2, 0) is 4.79 Å². The van der Waals surface area contributed by atoms with Crippen molar-refractivity contribution < 1.29 is 4.79 Å². The molecule has 0 bridgehead atoms. The molecule has 7 nitrogen and oxygen atoms in total. The summed E-state index contributed by atoms with van der Waals surface area (Å²) in [5.74, 6) is -0.327. The number of hydrogen-bond donors (Lipinski definition) is 1. The second kappa shape index (κ2) is 4.81. The van der Waals surface area contributed by atoms with Crippen LogP contribution in [0.5, 0.6) is 0 Å². The fourth-order valence-electron chi connectivity index (χ4n) is 2.16. The van der Waals surface area contributed by atoms with Gasteiger partial charge in [0.2, 0.25) is 5.91 Å². The van der Waals surface area contributed by atoms with Crippen molar-refractivity contribution in [2.45, 2.75) is 6.92 Å². The van der Waals surface area contributed by atoms with Crippen molar-refractivity contribution in [3.05, 3.63) is 28.9 Å². The third kappa shape index (κ3) is 2.13. The summed E-state index contributed by atoms with van der Waals surface area (Å²) in [5.41, 5.74) is 3.69. The van der Waals surface area contributed by atoms with Crippen LogP contribution in [0.2, 0.25) is 0 Å². The van der Waals surface area contributed by atoms with Crippen molar-refractivity contribution in [2.24, 2.45) is 0 Å². The molecule has 8 heteroatoms. The fraction of sp³-hybridized carbons (Fsp3) is 0.231. The van der Waals surface area contributed by atoms with Crippen LogP contribution in [0, 0.1) is 0 Å². The number of nitrogens with zero attached hydrogens (tertiary/aromatic N) is 4. The van der Waals surface area contributed by atoms with Gasteiger partial charge in [-0.3, -0.25) is 15.0 Å². The number of fused-ring (bicyclic) bond motifs is 3. The second-order valence-corrected chi connectivity index (χ2v) is 5.77. The van der Waals surface area contributed by atoms with E-state index in [0.29, 0.717) is 10.2 Å². The van der Waals surface area contributed by atoms with Crippen molar-refractivity contribution >= 4 is 43.4 Å². The molecule has 21 heavy (non-hydrogen) atoms. The molecule has 3 aromatic heterocycles. The number of amides is 1. The van der Waals surface area contributed by atoms with Crippen LogP contribution in [0.1, 0.15) is 6.92 Å². The standard InChI is InChI=1S/C13H13N5O2S/c1-7(19)16-18-6-15-10-9-8(17(2)3)4-5-14-12(9)21-11(10)13(18)20/h4-6H,1-3H3,(H,16,19). The van der Waals surface area contributed by atoms with Gasteiger partial charge >= 0.3 is 0 Å². The number of nitrogens with one attached hydrogen (secondary N) is 1. The average molecular weight is 303 g/mol. The smallest absolute Gasteiger partial charge is 0.290 e. The summed E-state index contributed by atoms with van der Waals surface area (Å²) in [7, 11) is 3.85. The van der Waals surface area contributed by atoms with Crippen molar-refractivity contribution in [3.63, 3.8) is 0 Å². The zero-order valence-electron chi connectivity index (χ0n) is 11.7. The topological polar surface area (TPSA) is 80.1 Å². The normalized spacial score (nSPS) is 11.0. The molecule has 0 fully saturated rings. The molecule has 0 aliphatic rings. The van der Waals surface area contributed by atoms with E-state index in [1.165, 1.54) is 24.6 Å². The van der Waals surface area contributed by atoms with E-state index in [4.69, 9.17) is 0 Å². The molecule has 3 aromatic rings. The lowest BCUT2D eigenvalue weighted by molar-refractivity contribution is -0.115. The number of rotatable bonds is 2. The number of thiophene rings is 1. The Morgan fingerprint density at radius 3 is 2.81 bits per heavy atom. The van der Waals surface area contributed by atoms with E-state index in [-0.39, 0.29) is 11.5 Å². The molecule has 3 heterocycles. The van der Waals surface area contributed by atoms with Crippen LogP contribution in [0.15, 0.2) is 23.4 Å². The zero-order chi connectivity index (χ0) is 15.1. The lowest BCUT2D eigenvalue weighted by Crippen LogP contribution is -2.31. The van der Waals surface area contributed by atoms with Gasteiger partial charge in [0.15, 0.2) is 0 Å². The van der Waals surface area contributed by atoms with E-state index in [1.807, 2.05) is 25.1 Å². The van der Waals surface area contributed by atoms with Gasteiger partial charge in [0.25, 0.3) is 5.56 Å². The predicted molar refractivity (Wildman–Crippen MR) is 83.5 cm³/mol. The minimum Gasteiger partial charge on any atom is -0.377 e. The Hall–Kier alpha value is -2.48. The summed E-state index contributed by atoms with van der Waals surface area (Å²) < 4.78 is 1.57. The number of pyridine rings is 1. The van der Waals surface area contributed by atoms with Crippen molar-refractivity contribution in [3.8, 4) is 0 Å². The molecule has 1 N–H and O–H groups in total. The number of carbonyl (C=O) groups excluding carboxylic acids is 1. The van der Waals surface area contributed by atoms with Gasteiger partial charge in [0.05, 0.1) is 11.1 Å². The van der Waals surface area contributed by atoms with Crippen LogP contribution in [-0.4, -0.2) is 34.6 Å². The first-order chi connectivity index (χ1) is 9.99. The van der Waals surface area contributed by atoms with Gasteiger partial charge < -0.3 is 4.90 Å². The molecule has 3 rings (SSSR count). The summed E-state index contributed by atoms with van der Waals surface area (Å²) in [6.07, 6.45) is 3.03. The molecule has 0 aliphatic heterocycles. The lowest BCUT2D eigenvalue weighted by Gasteiger charge is -2.13. The van der Waals surface area contributed by atoms with E-state index in [0.717, 1.165) is 20.6 Å². The van der Waals surface area contributed by atoms with Crippen LogP contribution in [0.3, 0.4) is 0 Å². The van der Waals surface area contributed by atoms with Crippen LogP contribution in [0.25, 0.3) is 20.4 Å². The van der Waals surface area contributed by atoms with E-state index < -0.39 is 0 Å². The van der Waals surface area contributed by atoms with Crippen molar-refractivity contribution in [1.82, 2.24) is 14.6 Å². The number of hydrogen-bond acceptors (Lipinski definition) is 6. The SMILES string of the molecule is CC(=O)Nn1cnc2c(sc3nccc(N(C)C)c32)c1=O. The highest BCUT2D eigenvalue weighted by atomic mass is 32.1. The summed E-state index contributed by atoms with van der Waals surface area (Å²) in [5, 5.41) is 0.856. The van der Waals surface area contributed by atoms with Gasteiger partial charge in [-0.1, -0.05) is 0 Å². The summed E-state index contributed by atoms with van der Waals surface area (Å²) in [6, 6.07) is 1.88. The lowest BCUT2D eigenvalue weighted by atomic mass is 10.2. The molecular weight excluding hydrogens is 290 g/mol. The molecule has 108 valence electrons. The molecule has 0 radical (unpaired) electrons. The van der Waals surface area contributed by atoms with Crippen molar-refractivity contribution in [2.75, 3.05) is 24.4 Å². The quantitative estimate of drug-likeness (QED) is 0.768. The van der Waals surface area contributed by atoms with Gasteiger partial charge in [-0.05, 0) is 6.07 Å². The molecule has 0 aromatic carbocycles. The van der Waals surface area contributed by atoms with Gasteiger partial charge in [0.1, 0.15) is 21.4 Å². The van der Waals surface area contributed by atoms with E-state index in [1.54, 1.807) is 6.20 Å². The first-order valence-corrected chi connectivity index (χ1v) is 7.04. The molecule has 0 saturated heterocycles. The molecule has 0 saturated carbocycles. The maximum absolute atomic E-state index is 12.4. The minimum atomic E-state index is -0.327. The number of aromatic nitrogens is 3. The van der Waals surface area contributed by atoms with Crippen LogP contribution in [0.4, 0.5) is 5.69 Å². The van der Waals surface area contributed by atoms with Crippen molar-refractivity contribution in [1.29, 1.82) is 0 Å². The average Bonchev–Trinajstić information content (AvgIpc) is 2.80. The Balaban J connectivity index is 2.37. The highest BCUT2D eigenvalue weighted by Crippen LogP contribution is 2.34. The van der Waals surface area contributed by atoms with E-state index in [9.17, 15) is 9.59 Å². The third-order valence-corrected chi connectivity index (χ3v) is 4.09. The molecule has 0 spiro atoms. The Morgan fingerprint density at radius 2 is 2.14 bits per heavy atom. The highest BCUT2D eigenvalue weighted by Gasteiger charge is 2.16. The Morgan fingerprint density at radius 1 is 1.38 bits per heavy atom. The first kappa shape index (κ1) is 13.5. The van der Waals surface area contributed by atoms with Gasteiger partial charge in [-0.25, -0.2) is 14.6 Å². The van der Waals surface area contributed by atoms with E-state index >= 15 is 0 Å². The predicted octanol–water partition coefficient (Wildman–Crippen LogP) is 1.16. The maximum Gasteiger partial charge on any atom is 0.290 e. The maximum atomic E-state index is 12.4. The largest absolute Gasteiger partial charge is 0.377 e. The van der Waals surface area contributed by atoms with Gasteiger partial charge in [-0.2, -0.15) is 0 Å². The summed E-state index contributed by atoms with van der Waals surface area (Å²) in [4.78, 5) is 34.8. The Kier molecular flexibility index (Phi) is 3.09. The fourth-order valence-corrected chi connectivity index (χ4v) is 3.21. The van der Waals surface area contributed by atoms with E-state index in [2.05, 4.69) is 15.4 Å². The molecule has 1 amide bonds. The Bertz CT molecular complexity index is 912. The number of anilines is 1. The monoisotopic (exact) mass is 303 g/mol. The minimum absolute atomic E-state index is 0.303.